The van der Waals surface area contributed by atoms with Gasteiger partial charge in [-0.1, -0.05) is 31.0 Å². The minimum Gasteiger partial charge on any atom is -0.428 e. The zero-order chi connectivity index (χ0) is 11.9. The van der Waals surface area contributed by atoms with Crippen molar-refractivity contribution < 1.29 is 9.53 Å². The molecule has 0 aliphatic heterocycles. The Bertz CT molecular complexity index is 393. The summed E-state index contributed by atoms with van der Waals surface area (Å²) in [6, 6.07) is 9.16. The van der Waals surface area contributed by atoms with Crippen molar-refractivity contribution in [3.05, 3.63) is 47.7 Å². The molecular weight excluding hydrogens is 212 g/mol. The average Bonchev–Trinajstić information content (AvgIpc) is 2.33. The van der Waals surface area contributed by atoms with Crippen molar-refractivity contribution in [2.75, 3.05) is 0 Å². The highest BCUT2D eigenvalue weighted by molar-refractivity contribution is 5.89. The summed E-state index contributed by atoms with van der Waals surface area (Å²) in [5, 5.41) is 0. The monoisotopic (exact) mass is 230 g/mol. The maximum absolute atomic E-state index is 11.8. The second-order valence-corrected chi connectivity index (χ2v) is 4.38. The summed E-state index contributed by atoms with van der Waals surface area (Å²) in [5.41, 5.74) is 0.621. The highest BCUT2D eigenvalue weighted by Crippen LogP contribution is 2.19. The van der Waals surface area contributed by atoms with Crippen LogP contribution < -0.4 is 0 Å². The molecule has 0 spiro atoms. The van der Waals surface area contributed by atoms with E-state index in [0.29, 0.717) is 5.56 Å². The smallest absolute Gasteiger partial charge is 0.343 e. The molecule has 1 aliphatic carbocycles. The lowest BCUT2D eigenvalue weighted by molar-refractivity contribution is 0.0610. The van der Waals surface area contributed by atoms with E-state index >= 15 is 0 Å². The highest BCUT2D eigenvalue weighted by atomic mass is 16.5. The first-order valence-corrected chi connectivity index (χ1v) is 6.32. The molecule has 0 bridgehead atoms. The zero-order valence-corrected chi connectivity index (χ0v) is 10.0. The molecule has 1 aromatic rings. The third-order valence-electron chi connectivity index (χ3n) is 2.98. The maximum Gasteiger partial charge on any atom is 0.343 e. The number of allylic oxidation sites excluding steroid dienone is 2. The van der Waals surface area contributed by atoms with Gasteiger partial charge in [0.1, 0.15) is 5.76 Å². The van der Waals surface area contributed by atoms with Gasteiger partial charge < -0.3 is 4.74 Å². The molecule has 0 fully saturated rings. The Labute approximate surface area is 102 Å². The average molecular weight is 230 g/mol. The van der Waals surface area contributed by atoms with Crippen LogP contribution in [0.5, 0.6) is 0 Å². The van der Waals surface area contributed by atoms with E-state index in [1.807, 2.05) is 18.2 Å². The number of benzene rings is 1. The van der Waals surface area contributed by atoms with Crippen LogP contribution in [0.1, 0.15) is 48.9 Å². The van der Waals surface area contributed by atoms with Crippen molar-refractivity contribution >= 4 is 5.97 Å². The molecule has 0 saturated carbocycles. The third-order valence-corrected chi connectivity index (χ3v) is 2.98. The van der Waals surface area contributed by atoms with E-state index in [9.17, 15) is 4.79 Å². The lowest BCUT2D eigenvalue weighted by atomic mass is 10.1. The number of rotatable bonds is 2. The van der Waals surface area contributed by atoms with Crippen LogP contribution in [0.15, 0.2) is 42.2 Å². The number of ether oxygens (including phenoxy) is 1. The van der Waals surface area contributed by atoms with Gasteiger partial charge in [-0.2, -0.15) is 0 Å². The van der Waals surface area contributed by atoms with Crippen molar-refractivity contribution in [1.29, 1.82) is 0 Å². The van der Waals surface area contributed by atoms with Crippen molar-refractivity contribution in [1.82, 2.24) is 0 Å². The first-order valence-electron chi connectivity index (χ1n) is 6.32. The zero-order valence-electron chi connectivity index (χ0n) is 10.0. The number of hydrogen-bond donors (Lipinski definition) is 0. The molecule has 0 atom stereocenters. The molecule has 2 nitrogen and oxygen atoms in total. The van der Waals surface area contributed by atoms with E-state index < -0.39 is 0 Å². The van der Waals surface area contributed by atoms with Gasteiger partial charge in [0.05, 0.1) is 5.56 Å². The first kappa shape index (κ1) is 11.9. The Morgan fingerprint density at radius 3 is 2.59 bits per heavy atom. The van der Waals surface area contributed by atoms with Crippen molar-refractivity contribution in [2.45, 2.75) is 38.5 Å². The quantitative estimate of drug-likeness (QED) is 0.715. The third kappa shape index (κ3) is 3.74. The fourth-order valence-electron chi connectivity index (χ4n) is 2.01. The predicted octanol–water partition coefficient (Wildman–Crippen LogP) is 4.08. The second kappa shape index (κ2) is 6.24. The van der Waals surface area contributed by atoms with Crippen LogP contribution >= 0.6 is 0 Å². The number of carbonyl (C=O) groups is 1. The summed E-state index contributed by atoms with van der Waals surface area (Å²) >= 11 is 0. The Hall–Kier alpha value is -1.57. The van der Waals surface area contributed by atoms with Crippen LogP contribution in [0.2, 0.25) is 0 Å². The van der Waals surface area contributed by atoms with Crippen LogP contribution in [0.3, 0.4) is 0 Å². The molecule has 0 unspecified atom stereocenters. The van der Waals surface area contributed by atoms with Gasteiger partial charge in [-0.3, -0.25) is 0 Å². The molecule has 2 rings (SSSR count). The van der Waals surface area contributed by atoms with Crippen molar-refractivity contribution in [2.24, 2.45) is 0 Å². The van der Waals surface area contributed by atoms with E-state index in [1.54, 1.807) is 12.1 Å². The van der Waals surface area contributed by atoms with Gasteiger partial charge in [0.25, 0.3) is 0 Å². The Kier molecular flexibility index (Phi) is 4.37. The maximum atomic E-state index is 11.8. The summed E-state index contributed by atoms with van der Waals surface area (Å²) in [5.74, 6) is 0.607. The van der Waals surface area contributed by atoms with Crippen LogP contribution in [0.4, 0.5) is 0 Å². The molecule has 2 heteroatoms. The van der Waals surface area contributed by atoms with Gasteiger partial charge in [0.2, 0.25) is 0 Å². The molecule has 90 valence electrons. The molecule has 17 heavy (non-hydrogen) atoms. The standard InChI is InChI=1S/C15H18O2/c16-15(13-9-5-4-6-10-13)17-14-11-7-2-1-3-8-12-14/h4-6,9-11H,1-3,7-8,12H2/b14-11+. The fraction of sp³-hybridized carbons (Fsp3) is 0.400. The van der Waals surface area contributed by atoms with Crippen molar-refractivity contribution in [3.8, 4) is 0 Å². The van der Waals surface area contributed by atoms with Gasteiger partial charge in [-0.05, 0) is 37.5 Å². The molecule has 0 amide bonds. The number of carbonyl (C=O) groups excluding carboxylic acids is 1. The van der Waals surface area contributed by atoms with Crippen LogP contribution in [-0.2, 0) is 4.74 Å². The Morgan fingerprint density at radius 1 is 1.00 bits per heavy atom. The lowest BCUT2D eigenvalue weighted by Gasteiger charge is -2.11. The highest BCUT2D eigenvalue weighted by Gasteiger charge is 2.10. The topological polar surface area (TPSA) is 26.3 Å². The van der Waals surface area contributed by atoms with Crippen LogP contribution in [0.25, 0.3) is 0 Å². The Morgan fingerprint density at radius 2 is 1.76 bits per heavy atom. The molecule has 1 aliphatic rings. The predicted molar refractivity (Wildman–Crippen MR) is 67.6 cm³/mol. The van der Waals surface area contributed by atoms with Gasteiger partial charge in [-0.25, -0.2) is 4.79 Å². The van der Waals surface area contributed by atoms with E-state index in [-0.39, 0.29) is 5.97 Å². The summed E-state index contributed by atoms with van der Waals surface area (Å²) < 4.78 is 5.44. The molecule has 0 aromatic heterocycles. The minimum absolute atomic E-state index is 0.238. The molecular formula is C15H18O2. The van der Waals surface area contributed by atoms with Crippen LogP contribution in [-0.4, -0.2) is 5.97 Å². The molecule has 0 saturated heterocycles. The largest absolute Gasteiger partial charge is 0.428 e. The summed E-state index contributed by atoms with van der Waals surface area (Å²) in [4.78, 5) is 11.8. The van der Waals surface area contributed by atoms with Crippen molar-refractivity contribution in [3.63, 3.8) is 0 Å². The Balaban J connectivity index is 1.98. The van der Waals surface area contributed by atoms with Gasteiger partial charge in [0.15, 0.2) is 0 Å². The van der Waals surface area contributed by atoms with E-state index in [2.05, 4.69) is 6.08 Å². The number of esters is 1. The SMILES string of the molecule is O=C(O/C1=C/CCCCCC1)c1ccccc1. The second-order valence-electron chi connectivity index (χ2n) is 4.38. The van der Waals surface area contributed by atoms with Gasteiger partial charge in [-0.15, -0.1) is 0 Å². The van der Waals surface area contributed by atoms with E-state index in [1.165, 1.54) is 19.3 Å². The van der Waals surface area contributed by atoms with Gasteiger partial charge >= 0.3 is 5.97 Å². The van der Waals surface area contributed by atoms with E-state index in [4.69, 9.17) is 4.74 Å². The lowest BCUT2D eigenvalue weighted by Crippen LogP contribution is -2.05. The number of hydrogen-bond acceptors (Lipinski definition) is 2. The van der Waals surface area contributed by atoms with E-state index in [0.717, 1.165) is 25.0 Å². The molecule has 0 heterocycles. The summed E-state index contributed by atoms with van der Waals surface area (Å²) in [7, 11) is 0. The van der Waals surface area contributed by atoms with Gasteiger partial charge in [0, 0.05) is 6.42 Å². The first-order chi connectivity index (χ1) is 8.36. The molecule has 0 radical (unpaired) electrons. The molecule has 0 N–H and O–H groups in total. The normalized spacial score (nSPS) is 19.6. The summed E-state index contributed by atoms with van der Waals surface area (Å²) in [6.45, 7) is 0. The summed E-state index contributed by atoms with van der Waals surface area (Å²) in [6.07, 6.45) is 8.83. The van der Waals surface area contributed by atoms with Crippen LogP contribution in [0, 0.1) is 0 Å². The molecule has 1 aromatic carbocycles. The minimum atomic E-state index is -0.238. The fourth-order valence-corrected chi connectivity index (χ4v) is 2.01.